The van der Waals surface area contributed by atoms with Crippen molar-refractivity contribution in [3.8, 4) is 0 Å². The Morgan fingerprint density at radius 3 is 2.82 bits per heavy atom. The summed E-state index contributed by atoms with van der Waals surface area (Å²) >= 11 is 2.00. The average Bonchev–Trinajstić information content (AvgIpc) is 3.15. The molecule has 0 radical (unpaired) electrons. The van der Waals surface area contributed by atoms with Gasteiger partial charge in [-0.05, 0) is 46.4 Å². The second-order valence-electron chi connectivity index (χ2n) is 6.31. The Morgan fingerprint density at radius 2 is 2.14 bits per heavy atom. The lowest BCUT2D eigenvalue weighted by Gasteiger charge is -2.16. The number of hydrogen-bond acceptors (Lipinski definition) is 5. The summed E-state index contributed by atoms with van der Waals surface area (Å²) in [4.78, 5) is 25.4. The molecule has 0 spiro atoms. The van der Waals surface area contributed by atoms with E-state index in [1.807, 2.05) is 22.6 Å². The molecular weight excluding hydrogens is 482 g/mol. The molecule has 0 aliphatic rings. The average molecular weight is 500 g/mol. The Morgan fingerprint density at radius 1 is 1.39 bits per heavy atom. The van der Waals surface area contributed by atoms with Gasteiger partial charge in [0.1, 0.15) is 11.4 Å². The fourth-order valence-corrected chi connectivity index (χ4v) is 3.38. The Balaban J connectivity index is 2.13. The lowest BCUT2D eigenvalue weighted by Crippen LogP contribution is -2.36. The first-order chi connectivity index (χ1) is 13.3. The minimum atomic E-state index is -1.12. The van der Waals surface area contributed by atoms with Crippen molar-refractivity contribution in [2.75, 3.05) is 13.2 Å². The number of carbonyl (C=O) groups excluding carboxylic acids is 1. The second-order valence-corrected chi connectivity index (χ2v) is 7.55. The van der Waals surface area contributed by atoms with E-state index in [0.717, 1.165) is 3.57 Å². The van der Waals surface area contributed by atoms with Crippen LogP contribution in [-0.4, -0.2) is 39.9 Å². The van der Waals surface area contributed by atoms with Gasteiger partial charge in [-0.25, -0.2) is 4.39 Å². The number of benzene rings is 1. The van der Waals surface area contributed by atoms with Crippen LogP contribution >= 0.6 is 22.6 Å². The minimum Gasteiger partial charge on any atom is -0.463 e. The van der Waals surface area contributed by atoms with Crippen molar-refractivity contribution in [2.45, 2.75) is 12.5 Å². The molecule has 0 fully saturated rings. The molecule has 1 aromatic carbocycles. The molecule has 2 aromatic heterocycles. The predicted molar refractivity (Wildman–Crippen MR) is 109 cm³/mol. The van der Waals surface area contributed by atoms with Gasteiger partial charge >= 0.3 is 0 Å². The maximum Gasteiger partial charge on any atom is 0.261 e. The summed E-state index contributed by atoms with van der Waals surface area (Å²) in [5.41, 5.74) is 0.427. The zero-order valence-corrected chi connectivity index (χ0v) is 17.1. The summed E-state index contributed by atoms with van der Waals surface area (Å²) in [6, 6.07) is 6.17. The van der Waals surface area contributed by atoms with Crippen LogP contribution < -0.4 is 10.9 Å². The van der Waals surface area contributed by atoms with Crippen molar-refractivity contribution in [3.63, 3.8) is 0 Å². The van der Waals surface area contributed by atoms with Crippen LogP contribution in [0.25, 0.3) is 11.0 Å². The number of aliphatic hydroxyl groups excluding tert-OH is 2. The van der Waals surface area contributed by atoms with Gasteiger partial charge in [0.05, 0.1) is 24.4 Å². The second kappa shape index (κ2) is 8.41. The molecule has 1 unspecified atom stereocenters. The SMILES string of the molecule is Cn1c(Cc2ccc(I)cc2F)c(C(=O)NCC(O)CO)c2occc2c1=O. The quantitative estimate of drug-likeness (QED) is 0.446. The highest BCUT2D eigenvalue weighted by molar-refractivity contribution is 14.1. The number of amides is 1. The third kappa shape index (κ3) is 3.96. The summed E-state index contributed by atoms with van der Waals surface area (Å²) in [5.74, 6) is -1.04. The third-order valence-corrected chi connectivity index (χ3v) is 5.10. The summed E-state index contributed by atoms with van der Waals surface area (Å²) in [5, 5.41) is 21.2. The molecule has 0 saturated heterocycles. The highest BCUT2D eigenvalue weighted by Gasteiger charge is 2.24. The van der Waals surface area contributed by atoms with Gasteiger partial charge in [0.15, 0.2) is 5.58 Å². The van der Waals surface area contributed by atoms with Crippen molar-refractivity contribution >= 4 is 39.5 Å². The van der Waals surface area contributed by atoms with Crippen molar-refractivity contribution in [2.24, 2.45) is 7.05 Å². The van der Waals surface area contributed by atoms with Gasteiger partial charge in [0.2, 0.25) is 0 Å². The molecule has 1 amide bonds. The Labute approximate surface area is 172 Å². The molecule has 0 saturated carbocycles. The highest BCUT2D eigenvalue weighted by Crippen LogP contribution is 2.24. The molecule has 0 aliphatic heterocycles. The monoisotopic (exact) mass is 500 g/mol. The first kappa shape index (κ1) is 20.5. The van der Waals surface area contributed by atoms with Gasteiger partial charge in [-0.1, -0.05) is 6.07 Å². The Hall–Kier alpha value is -2.24. The molecule has 3 N–H and O–H groups in total. The fourth-order valence-electron chi connectivity index (χ4n) is 2.92. The smallest absolute Gasteiger partial charge is 0.261 e. The largest absolute Gasteiger partial charge is 0.463 e. The zero-order valence-electron chi connectivity index (χ0n) is 14.9. The van der Waals surface area contributed by atoms with E-state index in [0.29, 0.717) is 5.56 Å². The van der Waals surface area contributed by atoms with Crippen LogP contribution in [0, 0.1) is 9.39 Å². The third-order valence-electron chi connectivity index (χ3n) is 4.43. The normalized spacial score (nSPS) is 12.3. The van der Waals surface area contributed by atoms with Gasteiger partial charge in [0.25, 0.3) is 11.5 Å². The molecule has 28 heavy (non-hydrogen) atoms. The molecule has 148 valence electrons. The van der Waals surface area contributed by atoms with Crippen molar-refractivity contribution in [1.29, 1.82) is 0 Å². The van der Waals surface area contributed by atoms with Gasteiger partial charge in [-0.2, -0.15) is 0 Å². The van der Waals surface area contributed by atoms with E-state index in [4.69, 9.17) is 9.52 Å². The molecule has 7 nitrogen and oxygen atoms in total. The van der Waals surface area contributed by atoms with Crippen LogP contribution in [0.3, 0.4) is 0 Å². The van der Waals surface area contributed by atoms with Crippen LogP contribution in [0.2, 0.25) is 0 Å². The fraction of sp³-hybridized carbons (Fsp3) is 0.263. The van der Waals surface area contributed by atoms with E-state index in [1.165, 1.54) is 30.0 Å². The molecule has 0 aliphatic carbocycles. The van der Waals surface area contributed by atoms with Crippen molar-refractivity contribution in [1.82, 2.24) is 9.88 Å². The molecule has 0 bridgehead atoms. The number of furan rings is 1. The summed E-state index contributed by atoms with van der Waals surface area (Å²) < 4.78 is 21.8. The number of carbonyl (C=O) groups is 1. The first-order valence-corrected chi connectivity index (χ1v) is 9.51. The topological polar surface area (TPSA) is 105 Å². The lowest BCUT2D eigenvalue weighted by molar-refractivity contribution is 0.0801. The van der Waals surface area contributed by atoms with Gasteiger partial charge in [-0.15, -0.1) is 0 Å². The number of aliphatic hydroxyl groups is 2. The maximum absolute atomic E-state index is 14.4. The van der Waals surface area contributed by atoms with E-state index in [1.54, 1.807) is 12.1 Å². The molecule has 2 heterocycles. The summed E-state index contributed by atoms with van der Waals surface area (Å²) in [6.45, 7) is -0.692. The molecule has 9 heteroatoms. The number of fused-ring (bicyclic) bond motifs is 1. The highest BCUT2D eigenvalue weighted by atomic mass is 127. The summed E-state index contributed by atoms with van der Waals surface area (Å²) in [7, 11) is 1.51. The van der Waals surface area contributed by atoms with E-state index in [9.17, 15) is 19.1 Å². The minimum absolute atomic E-state index is 0.00353. The number of hydrogen-bond donors (Lipinski definition) is 3. The summed E-state index contributed by atoms with van der Waals surface area (Å²) in [6.07, 6.45) is 0.178. The zero-order chi connectivity index (χ0) is 20.4. The van der Waals surface area contributed by atoms with E-state index >= 15 is 0 Å². The number of nitrogens with zero attached hydrogens (tertiary/aromatic N) is 1. The number of pyridine rings is 1. The maximum atomic E-state index is 14.4. The Kier molecular flexibility index (Phi) is 6.16. The van der Waals surface area contributed by atoms with Gasteiger partial charge in [0, 0.05) is 29.3 Å². The van der Waals surface area contributed by atoms with Crippen LogP contribution in [0.4, 0.5) is 4.39 Å². The van der Waals surface area contributed by atoms with Gasteiger partial charge < -0.3 is 24.5 Å². The Bertz CT molecular complexity index is 1090. The number of aromatic nitrogens is 1. The number of rotatable bonds is 6. The number of nitrogens with one attached hydrogen (secondary N) is 1. The first-order valence-electron chi connectivity index (χ1n) is 8.43. The predicted octanol–water partition coefficient (Wildman–Crippen LogP) is 1.55. The van der Waals surface area contributed by atoms with E-state index < -0.39 is 24.4 Å². The van der Waals surface area contributed by atoms with Gasteiger partial charge in [-0.3, -0.25) is 9.59 Å². The standard InChI is InChI=1S/C19H18FIN2O5/c1-23-15(6-10-2-3-11(21)7-14(10)20)16(18(26)22-8-12(25)9-24)17-13(19(23)27)4-5-28-17/h2-5,7,12,24-25H,6,8-9H2,1H3,(H,22,26). The molecule has 3 aromatic rings. The van der Waals surface area contributed by atoms with Crippen LogP contribution in [0.5, 0.6) is 0 Å². The van der Waals surface area contributed by atoms with E-state index in [2.05, 4.69) is 5.32 Å². The molecule has 3 rings (SSSR count). The van der Waals surface area contributed by atoms with Crippen molar-refractivity contribution < 1.29 is 23.8 Å². The van der Waals surface area contributed by atoms with Crippen LogP contribution in [0.15, 0.2) is 39.7 Å². The van der Waals surface area contributed by atoms with Crippen LogP contribution in [0.1, 0.15) is 21.6 Å². The molecular formula is C19H18FIN2O5. The van der Waals surface area contributed by atoms with E-state index in [-0.39, 0.29) is 40.8 Å². The molecule has 1 atom stereocenters. The van der Waals surface area contributed by atoms with Crippen LogP contribution in [-0.2, 0) is 13.5 Å². The number of halogens is 2. The lowest BCUT2D eigenvalue weighted by atomic mass is 10.0. The van der Waals surface area contributed by atoms with Crippen molar-refractivity contribution in [3.05, 3.63) is 67.1 Å².